The number of H-pyrrole nitrogens is 1. The lowest BCUT2D eigenvalue weighted by Gasteiger charge is -2.21. The van der Waals surface area contributed by atoms with E-state index in [4.69, 9.17) is 9.47 Å². The summed E-state index contributed by atoms with van der Waals surface area (Å²) >= 11 is 0. The Morgan fingerprint density at radius 1 is 1.14 bits per heavy atom. The van der Waals surface area contributed by atoms with Gasteiger partial charge in [-0.05, 0) is 24.3 Å². The van der Waals surface area contributed by atoms with E-state index in [0.717, 1.165) is 16.4 Å². The van der Waals surface area contributed by atoms with Gasteiger partial charge in [0.05, 0.1) is 12.1 Å². The molecule has 0 amide bonds. The molecule has 3 aromatic rings. The van der Waals surface area contributed by atoms with E-state index >= 15 is 0 Å². The summed E-state index contributed by atoms with van der Waals surface area (Å²) in [6, 6.07) is 9.80. The zero-order valence-corrected chi connectivity index (χ0v) is 15.9. The first-order valence-electron chi connectivity index (χ1n) is 8.71. The number of hydrogen-bond acceptors (Lipinski definition) is 6. The fraction of sp³-hybridized carbons (Fsp3) is 0.211. The molecule has 8 nitrogen and oxygen atoms in total. The van der Waals surface area contributed by atoms with Gasteiger partial charge in [-0.1, -0.05) is 12.1 Å². The number of aromatic amines is 1. The number of nitrogens with one attached hydrogen (secondary N) is 1. The summed E-state index contributed by atoms with van der Waals surface area (Å²) in [5, 5.41) is 9.95. The highest BCUT2D eigenvalue weighted by molar-refractivity contribution is 7.89. The summed E-state index contributed by atoms with van der Waals surface area (Å²) in [5.41, 5.74) is 0.154. The minimum Gasteiger partial charge on any atom is -0.454 e. The second-order valence-electron chi connectivity index (χ2n) is 6.41. The smallest absolute Gasteiger partial charge is 0.252 e. The van der Waals surface area contributed by atoms with Crippen molar-refractivity contribution in [1.29, 1.82) is 0 Å². The first-order valence-corrected chi connectivity index (χ1v) is 10.2. The van der Waals surface area contributed by atoms with Crippen molar-refractivity contribution >= 4 is 20.9 Å². The fourth-order valence-electron chi connectivity index (χ4n) is 3.14. The molecule has 1 aromatic heterocycles. The number of sulfonamides is 1. The number of fused-ring (bicyclic) bond motifs is 2. The fourth-order valence-corrected chi connectivity index (χ4v) is 4.61. The van der Waals surface area contributed by atoms with Gasteiger partial charge in [-0.3, -0.25) is 4.79 Å². The van der Waals surface area contributed by atoms with Gasteiger partial charge in [0.25, 0.3) is 5.56 Å². The van der Waals surface area contributed by atoms with Crippen molar-refractivity contribution in [2.24, 2.45) is 0 Å². The number of aliphatic hydroxyl groups excluding tert-OH is 1. The van der Waals surface area contributed by atoms with E-state index in [1.54, 1.807) is 12.1 Å². The van der Waals surface area contributed by atoms with Crippen LogP contribution in [0.15, 0.2) is 52.2 Å². The molecular formula is C19H17FN2O6S. The Morgan fingerprint density at radius 2 is 1.86 bits per heavy atom. The van der Waals surface area contributed by atoms with Crippen molar-refractivity contribution in [2.75, 3.05) is 19.9 Å². The quantitative estimate of drug-likeness (QED) is 0.627. The molecule has 0 saturated heterocycles. The van der Waals surface area contributed by atoms with Gasteiger partial charge in [-0.25, -0.2) is 12.8 Å². The van der Waals surface area contributed by atoms with Gasteiger partial charge >= 0.3 is 0 Å². The van der Waals surface area contributed by atoms with Gasteiger partial charge in [-0.15, -0.1) is 0 Å². The lowest BCUT2D eigenvalue weighted by Crippen LogP contribution is -2.35. The zero-order valence-electron chi connectivity index (χ0n) is 15.1. The molecule has 1 aliphatic heterocycles. The van der Waals surface area contributed by atoms with Crippen molar-refractivity contribution in [3.63, 3.8) is 0 Å². The van der Waals surface area contributed by atoms with Crippen LogP contribution in [0.4, 0.5) is 4.39 Å². The molecule has 0 bridgehead atoms. The summed E-state index contributed by atoms with van der Waals surface area (Å²) in [4.78, 5) is 14.7. The Morgan fingerprint density at radius 3 is 2.59 bits per heavy atom. The number of nitrogens with zero attached hydrogens (tertiary/aromatic N) is 1. The largest absolute Gasteiger partial charge is 0.454 e. The average molecular weight is 420 g/mol. The Bertz CT molecular complexity index is 1240. The lowest BCUT2D eigenvalue weighted by molar-refractivity contribution is 0.174. The summed E-state index contributed by atoms with van der Waals surface area (Å²) < 4.78 is 51.4. The van der Waals surface area contributed by atoms with Crippen LogP contribution in [-0.4, -0.2) is 42.8 Å². The minimum absolute atomic E-state index is 0.0773. The lowest BCUT2D eigenvalue weighted by atomic mass is 10.1. The highest BCUT2D eigenvalue weighted by Crippen LogP contribution is 2.35. The number of hydrogen-bond donors (Lipinski definition) is 2. The maximum absolute atomic E-state index is 14.1. The van der Waals surface area contributed by atoms with Crippen LogP contribution >= 0.6 is 0 Å². The predicted molar refractivity (Wildman–Crippen MR) is 102 cm³/mol. The topological polar surface area (TPSA) is 109 Å². The molecule has 2 N–H and O–H groups in total. The monoisotopic (exact) mass is 420 g/mol. The number of pyridine rings is 1. The SMILES string of the molecule is O=c1[nH]c2cc3c(cc2cc1CN(CCO)S(=O)(=O)c1ccccc1F)OCO3. The number of aliphatic hydroxyl groups is 1. The molecule has 29 heavy (non-hydrogen) atoms. The molecule has 0 aliphatic carbocycles. The maximum Gasteiger partial charge on any atom is 0.252 e. The highest BCUT2D eigenvalue weighted by atomic mass is 32.2. The van der Waals surface area contributed by atoms with E-state index in [2.05, 4.69) is 4.98 Å². The van der Waals surface area contributed by atoms with Crippen LogP contribution in [-0.2, 0) is 16.6 Å². The molecule has 0 unspecified atom stereocenters. The van der Waals surface area contributed by atoms with Crippen LogP contribution in [0, 0.1) is 5.82 Å². The molecular weight excluding hydrogens is 403 g/mol. The van der Waals surface area contributed by atoms with Gasteiger partial charge in [0.2, 0.25) is 16.8 Å². The third-order valence-electron chi connectivity index (χ3n) is 4.56. The molecule has 0 saturated carbocycles. The van der Waals surface area contributed by atoms with E-state index < -0.39 is 32.9 Å². The molecule has 0 atom stereocenters. The molecule has 10 heteroatoms. The highest BCUT2D eigenvalue weighted by Gasteiger charge is 2.28. The third-order valence-corrected chi connectivity index (χ3v) is 6.44. The van der Waals surface area contributed by atoms with Gasteiger partial charge in [-0.2, -0.15) is 4.31 Å². The second-order valence-corrected chi connectivity index (χ2v) is 8.32. The number of halogens is 1. The van der Waals surface area contributed by atoms with E-state index in [-0.39, 0.29) is 25.4 Å². The Kier molecular flexibility index (Phi) is 4.99. The van der Waals surface area contributed by atoms with Crippen LogP contribution in [0.1, 0.15) is 5.56 Å². The van der Waals surface area contributed by atoms with Gasteiger partial charge in [0.15, 0.2) is 11.5 Å². The van der Waals surface area contributed by atoms with E-state index in [1.807, 2.05) is 0 Å². The van der Waals surface area contributed by atoms with Crippen LogP contribution in [0.3, 0.4) is 0 Å². The summed E-state index contributed by atoms with van der Waals surface area (Å²) in [7, 11) is -4.27. The first-order chi connectivity index (χ1) is 13.9. The molecule has 152 valence electrons. The summed E-state index contributed by atoms with van der Waals surface area (Å²) in [6.45, 7) is -1.04. The average Bonchev–Trinajstić information content (AvgIpc) is 3.13. The third kappa shape index (κ3) is 3.57. The minimum atomic E-state index is -4.27. The van der Waals surface area contributed by atoms with E-state index in [1.165, 1.54) is 18.2 Å². The number of ether oxygens (including phenoxy) is 2. The first kappa shape index (κ1) is 19.4. The summed E-state index contributed by atoms with van der Waals surface area (Å²) in [5.74, 6) is 0.113. The molecule has 0 spiro atoms. The molecule has 2 heterocycles. The Labute approximate surface area is 165 Å². The van der Waals surface area contributed by atoms with Gasteiger partial charge in [0, 0.05) is 30.1 Å². The molecule has 0 fully saturated rings. The predicted octanol–water partition coefficient (Wildman–Crippen LogP) is 1.58. The van der Waals surface area contributed by atoms with E-state index in [9.17, 15) is 22.7 Å². The van der Waals surface area contributed by atoms with Crippen molar-refractivity contribution in [3.8, 4) is 11.5 Å². The second kappa shape index (κ2) is 7.47. The van der Waals surface area contributed by atoms with Gasteiger partial charge < -0.3 is 19.6 Å². The molecule has 4 rings (SSSR count). The van der Waals surface area contributed by atoms with Gasteiger partial charge in [0.1, 0.15) is 10.7 Å². The maximum atomic E-state index is 14.1. The summed E-state index contributed by atoms with van der Waals surface area (Å²) in [6.07, 6.45) is 0. The van der Waals surface area contributed by atoms with Crippen molar-refractivity contribution < 1.29 is 27.4 Å². The van der Waals surface area contributed by atoms with Crippen LogP contribution in [0.5, 0.6) is 11.5 Å². The van der Waals surface area contributed by atoms with Crippen molar-refractivity contribution in [1.82, 2.24) is 9.29 Å². The zero-order chi connectivity index (χ0) is 20.6. The Hall–Kier alpha value is -2.95. The van der Waals surface area contributed by atoms with Crippen molar-refractivity contribution in [2.45, 2.75) is 11.4 Å². The molecule has 2 aromatic carbocycles. The number of rotatable bonds is 6. The van der Waals surface area contributed by atoms with Crippen molar-refractivity contribution in [3.05, 3.63) is 64.2 Å². The number of benzene rings is 2. The number of aromatic nitrogens is 1. The van der Waals surface area contributed by atoms with Crippen LogP contribution in [0.2, 0.25) is 0 Å². The Balaban J connectivity index is 1.74. The standard InChI is InChI=1S/C19H17FN2O6S/c20-14-3-1-2-4-18(14)29(25,26)22(5-6-23)10-13-7-12-8-16-17(28-11-27-16)9-15(12)21-19(13)24/h1-4,7-9,23H,5-6,10-11H2,(H,21,24). The van der Waals surface area contributed by atoms with E-state index in [0.29, 0.717) is 22.4 Å². The normalized spacial score (nSPS) is 13.3. The van der Waals surface area contributed by atoms with Crippen LogP contribution < -0.4 is 15.0 Å². The molecule has 0 radical (unpaired) electrons. The molecule has 1 aliphatic rings. The van der Waals surface area contributed by atoms with Crippen LogP contribution in [0.25, 0.3) is 10.9 Å².